The molecule has 0 aliphatic carbocycles. The number of benzene rings is 3. The smallest absolute Gasteiger partial charge is 0.344 e. The van der Waals surface area contributed by atoms with Crippen LogP contribution < -0.4 is 24.4 Å². The zero-order valence-corrected chi connectivity index (χ0v) is 20.7. The third-order valence-electron chi connectivity index (χ3n) is 5.28. The first-order valence-electron chi connectivity index (χ1n) is 10.3. The van der Waals surface area contributed by atoms with Gasteiger partial charge in [0.2, 0.25) is 16.9 Å². The van der Waals surface area contributed by atoms with Crippen molar-refractivity contribution < 1.29 is 28.2 Å². The molecule has 1 aromatic heterocycles. The second-order valence-electron chi connectivity index (χ2n) is 7.52. The minimum Gasteiger partial charge on any atom is -0.493 e. The van der Waals surface area contributed by atoms with Gasteiger partial charge in [0.05, 0.1) is 37.3 Å². The van der Waals surface area contributed by atoms with Crippen LogP contribution in [0.1, 0.15) is 15.9 Å². The number of methoxy groups -OCH3 is 3. The molecule has 1 heterocycles. The number of carbonyl (C=O) groups is 1. The van der Waals surface area contributed by atoms with Gasteiger partial charge in [-0.25, -0.2) is 4.79 Å². The molecule has 0 N–H and O–H groups in total. The zero-order valence-electron chi connectivity index (χ0n) is 19.2. The van der Waals surface area contributed by atoms with Gasteiger partial charge in [-0.3, -0.25) is 4.79 Å². The van der Waals surface area contributed by atoms with Crippen LogP contribution in [0.4, 0.5) is 0 Å². The number of hydrogen-bond acceptors (Lipinski definition) is 7. The van der Waals surface area contributed by atoms with Crippen molar-refractivity contribution in [2.24, 2.45) is 0 Å². The Bertz CT molecular complexity index is 1470. The summed E-state index contributed by atoms with van der Waals surface area (Å²) in [4.78, 5) is 26.7. The molecule has 4 aromatic rings. The predicted molar refractivity (Wildman–Crippen MR) is 134 cm³/mol. The Balaban J connectivity index is 1.91. The lowest BCUT2D eigenvalue weighted by Crippen LogP contribution is -2.17. The molecule has 0 spiro atoms. The van der Waals surface area contributed by atoms with E-state index in [0.29, 0.717) is 11.3 Å². The molecule has 3 aromatic carbocycles. The van der Waals surface area contributed by atoms with E-state index in [-0.39, 0.29) is 49.6 Å². The first-order valence-corrected chi connectivity index (χ1v) is 11.1. The second kappa shape index (κ2) is 9.90. The summed E-state index contributed by atoms with van der Waals surface area (Å²) in [5.41, 5.74) is 1.11. The van der Waals surface area contributed by atoms with Crippen LogP contribution >= 0.6 is 23.2 Å². The van der Waals surface area contributed by atoms with Crippen LogP contribution in [0.5, 0.6) is 23.0 Å². The molecule has 0 saturated heterocycles. The second-order valence-corrected chi connectivity index (χ2v) is 8.37. The summed E-state index contributed by atoms with van der Waals surface area (Å²) in [7, 11) is 4.30. The molecule has 35 heavy (non-hydrogen) atoms. The Morgan fingerprint density at radius 3 is 2.06 bits per heavy atom. The Labute approximate surface area is 210 Å². The molecule has 0 bridgehead atoms. The molecule has 0 fully saturated rings. The zero-order chi connectivity index (χ0) is 25.3. The molecule has 180 valence electrons. The van der Waals surface area contributed by atoms with Crippen LogP contribution in [0, 0.1) is 6.92 Å². The van der Waals surface area contributed by atoms with E-state index in [0.717, 1.165) is 5.56 Å². The van der Waals surface area contributed by atoms with Crippen LogP contribution in [0.15, 0.2) is 57.7 Å². The van der Waals surface area contributed by atoms with E-state index < -0.39 is 11.4 Å². The predicted octanol–water partition coefficient (Wildman–Crippen LogP) is 6.32. The highest BCUT2D eigenvalue weighted by atomic mass is 35.5. The third kappa shape index (κ3) is 4.65. The molecular weight excluding hydrogens is 495 g/mol. The van der Waals surface area contributed by atoms with E-state index in [4.69, 9.17) is 46.6 Å². The van der Waals surface area contributed by atoms with Crippen LogP contribution in [-0.4, -0.2) is 27.3 Å². The van der Waals surface area contributed by atoms with E-state index in [1.807, 2.05) is 19.1 Å². The van der Waals surface area contributed by atoms with Gasteiger partial charge in [-0.1, -0.05) is 53.0 Å². The molecule has 0 atom stereocenters. The topological polar surface area (TPSA) is 84.2 Å². The lowest BCUT2D eigenvalue weighted by Gasteiger charge is -2.15. The van der Waals surface area contributed by atoms with E-state index in [2.05, 4.69) is 0 Å². The van der Waals surface area contributed by atoms with Gasteiger partial charge >= 0.3 is 5.97 Å². The number of esters is 1. The SMILES string of the molecule is COc1cc(C(=O)Oc2c(-c3ccc(C)cc3)oc3c(Cl)cc(Cl)cc3c2=O)cc(OC)c1OC. The maximum Gasteiger partial charge on any atom is 0.344 e. The van der Waals surface area contributed by atoms with Gasteiger partial charge in [0.1, 0.15) is 0 Å². The summed E-state index contributed by atoms with van der Waals surface area (Å²) < 4.78 is 27.5. The number of halogens is 2. The summed E-state index contributed by atoms with van der Waals surface area (Å²) in [6, 6.07) is 12.9. The highest BCUT2D eigenvalue weighted by Crippen LogP contribution is 2.39. The van der Waals surface area contributed by atoms with Crippen molar-refractivity contribution in [2.45, 2.75) is 6.92 Å². The molecule has 4 rings (SSSR count). The first kappa shape index (κ1) is 24.4. The van der Waals surface area contributed by atoms with Crippen molar-refractivity contribution in [3.8, 4) is 34.3 Å². The standard InChI is InChI=1S/C26H20Cl2O7/c1-13-5-7-14(8-6-13)22-25(21(29)17-11-16(27)12-18(28)23(17)34-22)35-26(30)15-9-19(31-2)24(33-4)20(10-15)32-3/h5-12H,1-4H3. The van der Waals surface area contributed by atoms with Gasteiger partial charge in [0.15, 0.2) is 22.8 Å². The Kier molecular flexibility index (Phi) is 6.91. The van der Waals surface area contributed by atoms with Crippen molar-refractivity contribution >= 4 is 40.1 Å². The summed E-state index contributed by atoms with van der Waals surface area (Å²) >= 11 is 12.4. The van der Waals surface area contributed by atoms with Gasteiger partial charge in [-0.2, -0.15) is 0 Å². The average molecular weight is 515 g/mol. The number of ether oxygens (including phenoxy) is 4. The van der Waals surface area contributed by atoms with Crippen molar-refractivity contribution in [2.75, 3.05) is 21.3 Å². The normalized spacial score (nSPS) is 10.8. The summed E-state index contributed by atoms with van der Waals surface area (Å²) in [6.07, 6.45) is 0. The van der Waals surface area contributed by atoms with Crippen molar-refractivity contribution in [3.05, 3.63) is 79.9 Å². The monoisotopic (exact) mass is 514 g/mol. The minimum atomic E-state index is -0.836. The fourth-order valence-corrected chi connectivity index (χ4v) is 4.08. The van der Waals surface area contributed by atoms with Crippen molar-refractivity contribution in [1.82, 2.24) is 0 Å². The molecule has 0 aliphatic heterocycles. The molecule has 9 heteroatoms. The van der Waals surface area contributed by atoms with Crippen LogP contribution in [-0.2, 0) is 0 Å². The number of aryl methyl sites for hydroxylation is 1. The highest BCUT2D eigenvalue weighted by molar-refractivity contribution is 6.38. The summed E-state index contributed by atoms with van der Waals surface area (Å²) in [6.45, 7) is 1.92. The van der Waals surface area contributed by atoms with Crippen LogP contribution in [0.25, 0.3) is 22.3 Å². The van der Waals surface area contributed by atoms with E-state index in [9.17, 15) is 9.59 Å². The number of carbonyl (C=O) groups excluding carboxylic acids is 1. The van der Waals surface area contributed by atoms with Crippen molar-refractivity contribution in [3.63, 3.8) is 0 Å². The minimum absolute atomic E-state index is 0.0486. The quantitative estimate of drug-likeness (QED) is 0.278. The Morgan fingerprint density at radius 2 is 1.49 bits per heavy atom. The van der Waals surface area contributed by atoms with Crippen LogP contribution in [0.2, 0.25) is 10.0 Å². The van der Waals surface area contributed by atoms with Gasteiger partial charge in [0, 0.05) is 10.6 Å². The summed E-state index contributed by atoms with van der Waals surface area (Å²) in [5, 5.41) is 0.464. The third-order valence-corrected chi connectivity index (χ3v) is 5.78. The largest absolute Gasteiger partial charge is 0.493 e. The van der Waals surface area contributed by atoms with E-state index >= 15 is 0 Å². The van der Waals surface area contributed by atoms with Gasteiger partial charge in [-0.15, -0.1) is 0 Å². The maximum atomic E-state index is 13.5. The number of hydrogen-bond donors (Lipinski definition) is 0. The highest BCUT2D eigenvalue weighted by Gasteiger charge is 2.24. The average Bonchev–Trinajstić information content (AvgIpc) is 2.85. The Morgan fingerprint density at radius 1 is 0.857 bits per heavy atom. The van der Waals surface area contributed by atoms with Gasteiger partial charge in [-0.05, 0) is 31.2 Å². The lowest BCUT2D eigenvalue weighted by molar-refractivity contribution is 0.0730. The fourth-order valence-electron chi connectivity index (χ4n) is 3.54. The van der Waals surface area contributed by atoms with E-state index in [1.165, 1.54) is 45.6 Å². The Hall–Kier alpha value is -3.68. The van der Waals surface area contributed by atoms with Gasteiger partial charge in [0.25, 0.3) is 0 Å². The molecule has 0 aliphatic rings. The molecule has 0 amide bonds. The number of fused-ring (bicyclic) bond motifs is 1. The fraction of sp³-hybridized carbons (Fsp3) is 0.154. The molecule has 7 nitrogen and oxygen atoms in total. The van der Waals surface area contributed by atoms with Gasteiger partial charge < -0.3 is 23.4 Å². The summed E-state index contributed by atoms with van der Waals surface area (Å²) in [5.74, 6) is -0.284. The first-order chi connectivity index (χ1) is 16.8. The van der Waals surface area contributed by atoms with Crippen LogP contribution in [0.3, 0.4) is 0 Å². The molecule has 0 unspecified atom stereocenters. The maximum absolute atomic E-state index is 13.5. The lowest BCUT2D eigenvalue weighted by atomic mass is 10.1. The molecule has 0 radical (unpaired) electrons. The molecule has 0 saturated carbocycles. The molecular formula is C26H20Cl2O7. The van der Waals surface area contributed by atoms with Crippen molar-refractivity contribution in [1.29, 1.82) is 0 Å². The van der Waals surface area contributed by atoms with E-state index in [1.54, 1.807) is 12.1 Å². The number of rotatable bonds is 6.